The number of likely N-dealkylation sites (tertiary alicyclic amines) is 1. The summed E-state index contributed by atoms with van der Waals surface area (Å²) >= 11 is 1.65. The molecule has 0 unspecified atom stereocenters. The van der Waals surface area contributed by atoms with Crippen molar-refractivity contribution in [3.63, 3.8) is 0 Å². The van der Waals surface area contributed by atoms with Crippen LogP contribution >= 0.6 is 11.3 Å². The number of carbonyl (C=O) groups excluding carboxylic acids is 1. The van der Waals surface area contributed by atoms with Gasteiger partial charge in [0.05, 0.1) is 18.2 Å². The summed E-state index contributed by atoms with van der Waals surface area (Å²) in [5, 5.41) is 6.12. The Hall–Kier alpha value is -1.18. The zero-order valence-electron chi connectivity index (χ0n) is 13.1. The van der Waals surface area contributed by atoms with E-state index in [0.717, 1.165) is 23.5 Å². The van der Waals surface area contributed by atoms with Gasteiger partial charge < -0.3 is 19.7 Å². The number of hydrogen-bond acceptors (Lipinski definition) is 5. The van der Waals surface area contributed by atoms with E-state index in [-0.39, 0.29) is 11.9 Å². The number of nitrogens with one attached hydrogen (secondary N) is 1. The van der Waals surface area contributed by atoms with Crippen LogP contribution in [0.25, 0.3) is 0 Å². The molecule has 0 saturated carbocycles. The van der Waals surface area contributed by atoms with E-state index in [1.54, 1.807) is 11.3 Å². The highest BCUT2D eigenvalue weighted by atomic mass is 32.1. The number of nitrogens with zero attached hydrogens (tertiary/aromatic N) is 2. The van der Waals surface area contributed by atoms with Crippen molar-refractivity contribution in [2.75, 3.05) is 32.8 Å². The zero-order chi connectivity index (χ0) is 15.6. The van der Waals surface area contributed by atoms with Gasteiger partial charge in [-0.05, 0) is 6.92 Å². The minimum absolute atomic E-state index is 0.00650. The Labute approximate surface area is 134 Å². The van der Waals surface area contributed by atoms with E-state index in [1.165, 1.54) is 0 Å². The number of piperidine rings is 1. The van der Waals surface area contributed by atoms with Crippen molar-refractivity contribution in [2.45, 2.75) is 38.4 Å². The number of rotatable bonds is 3. The number of hydrogen-bond donors (Lipinski definition) is 1. The monoisotopic (exact) mass is 325 g/mol. The number of ether oxygens (including phenoxy) is 2. The molecule has 7 heteroatoms. The van der Waals surface area contributed by atoms with Crippen molar-refractivity contribution in [3.05, 3.63) is 16.1 Å². The Balaban J connectivity index is 1.44. The van der Waals surface area contributed by atoms with E-state index in [4.69, 9.17) is 9.47 Å². The highest BCUT2D eigenvalue weighted by molar-refractivity contribution is 7.09. The van der Waals surface area contributed by atoms with Crippen LogP contribution < -0.4 is 5.32 Å². The molecule has 22 heavy (non-hydrogen) atoms. The van der Waals surface area contributed by atoms with E-state index < -0.39 is 5.79 Å². The quantitative estimate of drug-likeness (QED) is 0.924. The summed E-state index contributed by atoms with van der Waals surface area (Å²) in [6, 6.07) is -0.00650. The summed E-state index contributed by atoms with van der Waals surface area (Å²) in [6.45, 7) is 7.37. The number of amides is 2. The first kappa shape index (κ1) is 15.7. The Kier molecular flexibility index (Phi) is 4.65. The second kappa shape index (κ2) is 6.52. The standard InChI is InChI=1S/C15H23N3O3S/c1-11(13-17-12(2)10-22-13)9-16-14(19)18-5-3-15(4-6-18)20-7-8-21-15/h10-11H,3-9H2,1-2H3,(H,16,19)/t11-/m0/s1. The third-order valence-electron chi connectivity index (χ3n) is 4.24. The Morgan fingerprint density at radius 2 is 2.14 bits per heavy atom. The van der Waals surface area contributed by atoms with Crippen LogP contribution in [0.5, 0.6) is 0 Å². The van der Waals surface area contributed by atoms with E-state index in [1.807, 2.05) is 17.2 Å². The Morgan fingerprint density at radius 1 is 1.45 bits per heavy atom. The summed E-state index contributed by atoms with van der Waals surface area (Å²) < 4.78 is 11.4. The maximum atomic E-state index is 12.3. The van der Waals surface area contributed by atoms with Gasteiger partial charge in [0.25, 0.3) is 0 Å². The van der Waals surface area contributed by atoms with Crippen molar-refractivity contribution in [1.29, 1.82) is 0 Å². The molecule has 1 atom stereocenters. The molecule has 1 aromatic heterocycles. The lowest BCUT2D eigenvalue weighted by Crippen LogP contribution is -2.50. The highest BCUT2D eigenvalue weighted by Gasteiger charge is 2.40. The van der Waals surface area contributed by atoms with Crippen molar-refractivity contribution in [2.24, 2.45) is 0 Å². The lowest BCUT2D eigenvalue weighted by Gasteiger charge is -2.37. The molecule has 0 bridgehead atoms. The molecule has 1 N–H and O–H groups in total. The van der Waals surface area contributed by atoms with Crippen LogP contribution in [0.1, 0.15) is 36.4 Å². The molecule has 3 heterocycles. The molecule has 2 fully saturated rings. The molecule has 0 aromatic carbocycles. The molecule has 0 radical (unpaired) electrons. The van der Waals surface area contributed by atoms with Gasteiger partial charge in [0.15, 0.2) is 5.79 Å². The first-order valence-corrected chi connectivity index (χ1v) is 8.69. The predicted molar refractivity (Wildman–Crippen MR) is 84.1 cm³/mol. The molecule has 122 valence electrons. The molecule has 2 amide bonds. The first-order valence-electron chi connectivity index (χ1n) is 7.81. The van der Waals surface area contributed by atoms with Gasteiger partial charge in [0.2, 0.25) is 0 Å². The molecular formula is C15H23N3O3S. The number of aromatic nitrogens is 1. The molecule has 2 saturated heterocycles. The van der Waals surface area contributed by atoms with Crippen molar-refractivity contribution in [3.8, 4) is 0 Å². The van der Waals surface area contributed by atoms with Crippen LogP contribution in [-0.4, -0.2) is 54.6 Å². The minimum atomic E-state index is -0.428. The normalized spacial score (nSPS) is 22.0. The number of urea groups is 1. The minimum Gasteiger partial charge on any atom is -0.347 e. The summed E-state index contributed by atoms with van der Waals surface area (Å²) in [5.41, 5.74) is 1.04. The molecular weight excluding hydrogens is 302 g/mol. The first-order chi connectivity index (χ1) is 10.6. The van der Waals surface area contributed by atoms with Gasteiger partial charge >= 0.3 is 6.03 Å². The number of carbonyl (C=O) groups is 1. The number of aryl methyl sites for hydroxylation is 1. The van der Waals surface area contributed by atoms with Crippen molar-refractivity contribution in [1.82, 2.24) is 15.2 Å². The number of thiazole rings is 1. The fourth-order valence-electron chi connectivity index (χ4n) is 2.87. The maximum Gasteiger partial charge on any atom is 0.317 e. The largest absolute Gasteiger partial charge is 0.347 e. The van der Waals surface area contributed by atoms with Crippen LogP contribution in [0, 0.1) is 6.92 Å². The lowest BCUT2D eigenvalue weighted by molar-refractivity contribution is -0.181. The SMILES string of the molecule is Cc1csc([C@@H](C)CNC(=O)N2CCC3(CC2)OCCO3)n1. The molecule has 1 aromatic rings. The summed E-state index contributed by atoms with van der Waals surface area (Å²) in [7, 11) is 0. The summed E-state index contributed by atoms with van der Waals surface area (Å²) in [6.07, 6.45) is 1.50. The van der Waals surface area contributed by atoms with Crippen molar-refractivity contribution < 1.29 is 14.3 Å². The third-order valence-corrected chi connectivity index (χ3v) is 5.44. The van der Waals surface area contributed by atoms with Crippen LogP contribution in [0.2, 0.25) is 0 Å². The topological polar surface area (TPSA) is 63.7 Å². The Bertz CT molecular complexity index is 518. The van der Waals surface area contributed by atoms with Gasteiger partial charge in [0.1, 0.15) is 0 Å². The van der Waals surface area contributed by atoms with Gasteiger partial charge in [-0.2, -0.15) is 0 Å². The highest BCUT2D eigenvalue weighted by Crippen LogP contribution is 2.31. The molecule has 2 aliphatic heterocycles. The van der Waals surface area contributed by atoms with E-state index in [0.29, 0.717) is 32.8 Å². The fraction of sp³-hybridized carbons (Fsp3) is 0.733. The van der Waals surface area contributed by atoms with Gasteiger partial charge in [-0.3, -0.25) is 0 Å². The summed E-state index contributed by atoms with van der Waals surface area (Å²) in [4.78, 5) is 18.6. The second-order valence-electron chi connectivity index (χ2n) is 6.01. The van der Waals surface area contributed by atoms with Crippen LogP contribution in [-0.2, 0) is 9.47 Å². The fourth-order valence-corrected chi connectivity index (χ4v) is 3.73. The van der Waals surface area contributed by atoms with E-state index in [9.17, 15) is 4.79 Å². The summed E-state index contributed by atoms with van der Waals surface area (Å²) in [5.74, 6) is -0.192. The van der Waals surface area contributed by atoms with Crippen LogP contribution in [0.3, 0.4) is 0 Å². The van der Waals surface area contributed by atoms with Crippen LogP contribution in [0.4, 0.5) is 4.79 Å². The van der Waals surface area contributed by atoms with E-state index in [2.05, 4.69) is 17.2 Å². The predicted octanol–water partition coefficient (Wildman–Crippen LogP) is 2.10. The van der Waals surface area contributed by atoms with Crippen LogP contribution in [0.15, 0.2) is 5.38 Å². The van der Waals surface area contributed by atoms with Crippen molar-refractivity contribution >= 4 is 17.4 Å². The zero-order valence-corrected chi connectivity index (χ0v) is 13.9. The smallest absolute Gasteiger partial charge is 0.317 e. The average Bonchev–Trinajstić information content (AvgIpc) is 3.15. The second-order valence-corrected chi connectivity index (χ2v) is 6.90. The molecule has 1 spiro atoms. The van der Waals surface area contributed by atoms with Gasteiger partial charge in [-0.1, -0.05) is 6.92 Å². The van der Waals surface area contributed by atoms with Gasteiger partial charge in [0, 0.05) is 49.5 Å². The Morgan fingerprint density at radius 3 is 2.73 bits per heavy atom. The van der Waals surface area contributed by atoms with Gasteiger partial charge in [-0.15, -0.1) is 11.3 Å². The third kappa shape index (κ3) is 3.42. The molecule has 3 rings (SSSR count). The molecule has 2 aliphatic rings. The lowest BCUT2D eigenvalue weighted by atomic mass is 10.0. The average molecular weight is 325 g/mol. The van der Waals surface area contributed by atoms with Gasteiger partial charge in [-0.25, -0.2) is 9.78 Å². The maximum absolute atomic E-state index is 12.3. The molecule has 6 nitrogen and oxygen atoms in total. The van der Waals surface area contributed by atoms with E-state index >= 15 is 0 Å². The molecule has 0 aliphatic carbocycles.